The molecule has 0 radical (unpaired) electrons. The third-order valence-electron chi connectivity index (χ3n) is 4.66. The number of amides is 1. The Kier molecular flexibility index (Phi) is 7.47. The molecule has 0 spiro atoms. The van der Waals surface area contributed by atoms with Gasteiger partial charge in [-0.2, -0.15) is 0 Å². The van der Waals surface area contributed by atoms with Crippen LogP contribution in [0.3, 0.4) is 0 Å². The fourth-order valence-corrected chi connectivity index (χ4v) is 5.65. The summed E-state index contributed by atoms with van der Waals surface area (Å²) in [5.74, 6) is -0.437. The summed E-state index contributed by atoms with van der Waals surface area (Å²) in [5.41, 5.74) is 0.746. The number of carbonyl (C=O) groups excluding carboxylic acids is 1. The second-order valence-electron chi connectivity index (χ2n) is 6.86. The zero-order chi connectivity index (χ0) is 22.8. The summed E-state index contributed by atoms with van der Waals surface area (Å²) in [6.07, 6.45) is -5.07. The molecule has 0 unspecified atom stereocenters. The van der Waals surface area contributed by atoms with Gasteiger partial charge in [0.1, 0.15) is 0 Å². The zero-order valence-electron chi connectivity index (χ0n) is 16.0. The molecular weight excluding hydrogens is 495 g/mol. The first-order valence-electron chi connectivity index (χ1n) is 9.11. The Morgan fingerprint density at radius 1 is 1.00 bits per heavy atom. The zero-order valence-corrected chi connectivity index (χ0v) is 18.6. The van der Waals surface area contributed by atoms with Crippen LogP contribution < -0.4 is 14.9 Å². The number of rotatable bonds is 6. The van der Waals surface area contributed by atoms with Crippen LogP contribution in [0.4, 0.5) is 5.69 Å². The van der Waals surface area contributed by atoms with Gasteiger partial charge in [0.05, 0.1) is 0 Å². The van der Waals surface area contributed by atoms with Gasteiger partial charge in [0.2, 0.25) is 0 Å². The maximum absolute atomic E-state index is 12.3. The van der Waals surface area contributed by atoms with Gasteiger partial charge >= 0.3 is 185 Å². The monoisotopic (exact) mass is 518 g/mol. The topological polar surface area (TPSA) is 179 Å². The van der Waals surface area contributed by atoms with Crippen molar-refractivity contribution in [2.45, 2.75) is 34.3 Å². The number of nitrogens with two attached hydrogens (primary N) is 1. The van der Waals surface area contributed by atoms with Gasteiger partial charge in [-0.25, -0.2) is 0 Å². The second-order valence-corrected chi connectivity index (χ2v) is 10.9. The van der Waals surface area contributed by atoms with Gasteiger partial charge in [0.25, 0.3) is 0 Å². The van der Waals surface area contributed by atoms with Crippen LogP contribution in [-0.2, 0) is 14.8 Å². The molecule has 2 aromatic rings. The number of anilines is 1. The molecule has 168 valence electrons. The Morgan fingerprint density at radius 2 is 1.61 bits per heavy atom. The van der Waals surface area contributed by atoms with Crippen LogP contribution in [0.15, 0.2) is 53.4 Å². The number of primary sulfonamides is 1. The third-order valence-corrected chi connectivity index (χ3v) is 8.03. The number of aliphatic hydroxyl groups is 4. The van der Waals surface area contributed by atoms with Crippen molar-refractivity contribution in [2.24, 2.45) is 5.14 Å². The minimum absolute atomic E-state index is 0.0937. The number of benzene rings is 2. The molecule has 10 nitrogen and oxygen atoms in total. The molecule has 5 atom stereocenters. The summed E-state index contributed by atoms with van der Waals surface area (Å²) < 4.78 is 28.9. The van der Waals surface area contributed by atoms with Crippen molar-refractivity contribution in [3.63, 3.8) is 0 Å². The van der Waals surface area contributed by atoms with Gasteiger partial charge in [0, 0.05) is 0 Å². The molecule has 3 rings (SSSR count). The first-order valence-corrected chi connectivity index (χ1v) is 12.5. The second kappa shape index (κ2) is 9.74. The van der Waals surface area contributed by atoms with E-state index in [2.05, 4.69) is 5.32 Å². The number of sulfonamides is 1. The van der Waals surface area contributed by atoms with Crippen molar-refractivity contribution in [2.75, 3.05) is 11.9 Å². The van der Waals surface area contributed by atoms with E-state index in [1.54, 1.807) is 24.3 Å². The van der Waals surface area contributed by atoms with Crippen molar-refractivity contribution >= 4 is 41.0 Å². The molecule has 12 heteroatoms. The summed E-state index contributed by atoms with van der Waals surface area (Å²) in [7, 11) is -3.84. The average Bonchev–Trinajstić information content (AvgIpc) is 2.75. The van der Waals surface area contributed by atoms with E-state index < -0.39 is 66.9 Å². The average molecular weight is 517 g/mol. The molecule has 2 aromatic carbocycles. The fraction of sp³-hybridized carbons (Fsp3) is 0.316. The van der Waals surface area contributed by atoms with Crippen LogP contribution in [0.1, 0.15) is 10.4 Å². The van der Waals surface area contributed by atoms with E-state index >= 15 is 0 Å². The van der Waals surface area contributed by atoms with Crippen LogP contribution in [0.2, 0.25) is 0 Å². The Hall–Kier alpha value is -1.86. The summed E-state index contributed by atoms with van der Waals surface area (Å²) in [6, 6.07) is 11.9. The van der Waals surface area contributed by atoms with Crippen molar-refractivity contribution in [3.05, 3.63) is 54.1 Å². The molecule has 0 bridgehead atoms. The van der Waals surface area contributed by atoms with Gasteiger partial charge < -0.3 is 0 Å². The van der Waals surface area contributed by atoms with Crippen molar-refractivity contribution in [1.29, 1.82) is 0 Å². The summed E-state index contributed by atoms with van der Waals surface area (Å²) in [5, 5.41) is 46.1. The molecule has 1 heterocycles. The van der Waals surface area contributed by atoms with E-state index in [-0.39, 0.29) is 10.5 Å². The Morgan fingerprint density at radius 3 is 2.16 bits per heavy atom. The van der Waals surface area contributed by atoms with Crippen molar-refractivity contribution < 1.29 is 38.4 Å². The predicted octanol–water partition coefficient (Wildman–Crippen LogP) is -2.28. The number of ether oxygens (including phenoxy) is 1. The van der Waals surface area contributed by atoms with Crippen LogP contribution >= 0.6 is 0 Å². The van der Waals surface area contributed by atoms with E-state index in [1.165, 1.54) is 24.3 Å². The quantitative estimate of drug-likeness (QED) is 0.232. The van der Waals surface area contributed by atoms with Gasteiger partial charge in [-0.1, -0.05) is 0 Å². The number of hydrogen-bond donors (Lipinski definition) is 6. The molecule has 1 fully saturated rings. The fourth-order valence-electron chi connectivity index (χ4n) is 2.91. The van der Waals surface area contributed by atoms with Gasteiger partial charge in [0.15, 0.2) is 0 Å². The van der Waals surface area contributed by atoms with Crippen molar-refractivity contribution in [3.8, 4) is 0 Å². The van der Waals surface area contributed by atoms with Crippen LogP contribution in [0.25, 0.3) is 0 Å². The van der Waals surface area contributed by atoms with Gasteiger partial charge in [-0.15, -0.1) is 0 Å². The normalized spacial score (nSPS) is 26.4. The summed E-state index contributed by atoms with van der Waals surface area (Å²) >= 11 is -0.444. The molecule has 0 saturated carbocycles. The minimum atomic E-state index is -3.84. The number of aliphatic hydroxyl groups excluding tert-OH is 4. The third kappa shape index (κ3) is 5.69. The first kappa shape index (κ1) is 23.8. The maximum atomic E-state index is 12.3. The Bertz CT molecular complexity index is 1010. The first-order chi connectivity index (χ1) is 14.6. The van der Waals surface area contributed by atoms with Crippen molar-refractivity contribution in [1.82, 2.24) is 0 Å². The van der Waals surface area contributed by atoms with Gasteiger partial charge in [-0.3, -0.25) is 0 Å². The standard InChI is InChI=1S/C19H22N2O8SSe/c20-30(27,28)12-5-1-10(2-6-12)18(26)21-11-3-7-13(8-4-11)31-19-17(25)16(24)15(23)14(9-22)29-19/h1-8,14-17,19,22-25H,9H2,(H,21,26)(H2,20,27,28)/t14-,15+,16+,17-,19+/m1/s1. The van der Waals surface area contributed by atoms with Crippen LogP contribution in [-0.4, -0.2) is 85.7 Å². The molecule has 7 N–H and O–H groups in total. The predicted molar refractivity (Wildman–Crippen MR) is 111 cm³/mol. The van der Waals surface area contributed by atoms with E-state index in [0.29, 0.717) is 5.69 Å². The molecule has 1 aliphatic heterocycles. The number of carbonyl (C=O) groups is 1. The van der Waals surface area contributed by atoms with E-state index in [0.717, 1.165) is 4.46 Å². The molecule has 1 amide bonds. The Balaban J connectivity index is 1.63. The summed E-state index contributed by atoms with van der Waals surface area (Å²) in [6.45, 7) is -0.485. The molecule has 0 aromatic heterocycles. The molecular formula is C19H22N2O8SSe. The molecule has 0 aliphatic carbocycles. The molecule has 31 heavy (non-hydrogen) atoms. The van der Waals surface area contributed by atoms with Gasteiger partial charge in [-0.05, 0) is 0 Å². The SMILES string of the molecule is NS(=O)(=O)c1ccc(C(=O)Nc2ccc([Se][C@@H]3O[C@H](CO)[C@H](O)[C@H](O)[C@H]3O)cc2)cc1. The van der Waals surface area contributed by atoms with E-state index in [4.69, 9.17) is 9.88 Å². The number of nitrogens with one attached hydrogen (secondary N) is 1. The number of hydrogen-bond acceptors (Lipinski definition) is 8. The van der Waals surface area contributed by atoms with E-state index in [1.807, 2.05) is 0 Å². The van der Waals surface area contributed by atoms with Crippen LogP contribution in [0.5, 0.6) is 0 Å². The summed E-state index contributed by atoms with van der Waals surface area (Å²) in [4.78, 5) is 12.2. The molecule has 1 aliphatic rings. The molecule has 1 saturated heterocycles. The van der Waals surface area contributed by atoms with Crippen LogP contribution in [0, 0.1) is 0 Å². The Labute approximate surface area is 184 Å². The van der Waals surface area contributed by atoms with E-state index in [9.17, 15) is 33.6 Å².